The van der Waals surface area contributed by atoms with E-state index in [4.69, 9.17) is 10.7 Å². The summed E-state index contributed by atoms with van der Waals surface area (Å²) < 4.78 is 1.84. The Balaban J connectivity index is 0.00000160. The molecule has 0 spiro atoms. The van der Waals surface area contributed by atoms with Crippen LogP contribution in [0.15, 0.2) is 42.6 Å². The Hall–Kier alpha value is -2.15. The first-order valence-electron chi connectivity index (χ1n) is 10.0. The molecule has 1 aliphatic rings. The molecule has 2 atom stereocenters. The molecule has 30 heavy (non-hydrogen) atoms. The molecule has 6 nitrogen and oxygen atoms in total. The van der Waals surface area contributed by atoms with E-state index in [1.54, 1.807) is 6.20 Å². The molecule has 0 radical (unpaired) electrons. The van der Waals surface area contributed by atoms with E-state index in [2.05, 4.69) is 12.0 Å². The first-order valence-corrected chi connectivity index (χ1v) is 10.0. The Morgan fingerprint density at radius 2 is 1.97 bits per heavy atom. The number of benzene rings is 1. The lowest BCUT2D eigenvalue weighted by molar-refractivity contribution is 0.0575. The van der Waals surface area contributed by atoms with Gasteiger partial charge in [-0.25, -0.2) is 9.67 Å². The Morgan fingerprint density at radius 1 is 1.23 bits per heavy atom. The molecule has 3 aromatic rings. The van der Waals surface area contributed by atoms with Gasteiger partial charge in [0.25, 0.3) is 5.91 Å². The third-order valence-corrected chi connectivity index (χ3v) is 5.72. The molecular formula is C22H29Cl2N5O. The summed E-state index contributed by atoms with van der Waals surface area (Å²) in [7, 11) is 0. The number of piperidine rings is 1. The van der Waals surface area contributed by atoms with Crippen LogP contribution < -0.4 is 5.73 Å². The quantitative estimate of drug-likeness (QED) is 0.648. The van der Waals surface area contributed by atoms with Crippen molar-refractivity contribution in [2.75, 3.05) is 13.1 Å². The summed E-state index contributed by atoms with van der Waals surface area (Å²) in [5.74, 6) is 0.625. The van der Waals surface area contributed by atoms with E-state index < -0.39 is 0 Å². The van der Waals surface area contributed by atoms with Crippen LogP contribution in [0.1, 0.15) is 37.0 Å². The molecule has 0 aliphatic carbocycles. The smallest absolute Gasteiger partial charge is 0.255 e. The molecule has 0 bridgehead atoms. The fourth-order valence-corrected chi connectivity index (χ4v) is 4.11. The molecule has 2 unspecified atom stereocenters. The van der Waals surface area contributed by atoms with Crippen LogP contribution in [0.2, 0.25) is 0 Å². The maximum absolute atomic E-state index is 13.6. The maximum atomic E-state index is 13.6. The number of halogens is 2. The minimum atomic E-state index is 0. The molecule has 162 valence electrons. The normalized spacial score (nSPS) is 18.6. The lowest BCUT2D eigenvalue weighted by atomic mass is 9.91. The second-order valence-corrected chi connectivity index (χ2v) is 7.64. The number of hydrogen-bond acceptors (Lipinski definition) is 4. The van der Waals surface area contributed by atoms with Crippen LogP contribution in [0.25, 0.3) is 22.3 Å². The zero-order valence-electron chi connectivity index (χ0n) is 17.3. The highest BCUT2D eigenvalue weighted by Gasteiger charge is 2.31. The van der Waals surface area contributed by atoms with E-state index in [0.29, 0.717) is 24.6 Å². The molecule has 4 rings (SSSR count). The first kappa shape index (κ1) is 24.1. The average molecular weight is 450 g/mol. The topological polar surface area (TPSA) is 77.0 Å². The Labute approximate surface area is 189 Å². The van der Waals surface area contributed by atoms with Gasteiger partial charge in [-0.3, -0.25) is 4.79 Å². The number of carbonyl (C=O) groups is 1. The van der Waals surface area contributed by atoms with Crippen molar-refractivity contribution in [3.63, 3.8) is 0 Å². The van der Waals surface area contributed by atoms with Gasteiger partial charge in [0.1, 0.15) is 0 Å². The van der Waals surface area contributed by atoms with Gasteiger partial charge < -0.3 is 10.6 Å². The van der Waals surface area contributed by atoms with Crippen molar-refractivity contribution in [1.29, 1.82) is 0 Å². The summed E-state index contributed by atoms with van der Waals surface area (Å²) in [5, 5.41) is 5.25. The Bertz CT molecular complexity index is 992. The number of hydrogen-bond donors (Lipinski definition) is 1. The van der Waals surface area contributed by atoms with Crippen LogP contribution in [-0.2, 0) is 6.54 Å². The highest BCUT2D eigenvalue weighted by Crippen LogP contribution is 2.29. The summed E-state index contributed by atoms with van der Waals surface area (Å²) in [4.78, 5) is 20.3. The number of aryl methyl sites for hydroxylation is 1. The van der Waals surface area contributed by atoms with E-state index in [1.165, 1.54) is 0 Å². The van der Waals surface area contributed by atoms with Crippen molar-refractivity contribution < 1.29 is 4.79 Å². The first-order chi connectivity index (χ1) is 13.6. The molecule has 1 amide bonds. The van der Waals surface area contributed by atoms with Gasteiger partial charge in [-0.1, -0.05) is 37.3 Å². The van der Waals surface area contributed by atoms with Gasteiger partial charge in [0, 0.05) is 31.2 Å². The standard InChI is InChI=1S/C22H27N5O.2ClH/c1-3-27-21-19(14-24-27)18(12-20(25-21)16-7-5-4-6-8-16)22(28)26-10-9-15(2)11-17(26)13-23;;/h4-8,12,14-15,17H,3,9-11,13,23H2,1-2H3;2*1H. The zero-order valence-corrected chi connectivity index (χ0v) is 19.0. The van der Waals surface area contributed by atoms with Gasteiger partial charge >= 0.3 is 0 Å². The Morgan fingerprint density at radius 3 is 2.63 bits per heavy atom. The minimum absolute atomic E-state index is 0. The van der Waals surface area contributed by atoms with Crippen molar-refractivity contribution >= 4 is 41.8 Å². The summed E-state index contributed by atoms with van der Waals surface area (Å²) in [6.07, 6.45) is 3.73. The summed E-state index contributed by atoms with van der Waals surface area (Å²) >= 11 is 0. The van der Waals surface area contributed by atoms with Gasteiger partial charge in [0.15, 0.2) is 5.65 Å². The fourth-order valence-electron chi connectivity index (χ4n) is 4.11. The predicted molar refractivity (Wildman–Crippen MR) is 125 cm³/mol. The van der Waals surface area contributed by atoms with Crippen LogP contribution in [0.5, 0.6) is 0 Å². The third kappa shape index (κ3) is 4.46. The molecule has 8 heteroatoms. The van der Waals surface area contributed by atoms with E-state index >= 15 is 0 Å². The number of fused-ring (bicyclic) bond motifs is 1. The van der Waals surface area contributed by atoms with Crippen molar-refractivity contribution in [2.45, 2.75) is 39.3 Å². The molecular weight excluding hydrogens is 421 g/mol. The molecule has 1 aromatic carbocycles. The van der Waals surface area contributed by atoms with Crippen LogP contribution in [0.3, 0.4) is 0 Å². The van der Waals surface area contributed by atoms with Gasteiger partial charge in [0.2, 0.25) is 0 Å². The SMILES string of the molecule is CCn1ncc2c(C(=O)N3CCC(C)CC3CN)cc(-c3ccccc3)nc21.Cl.Cl. The lowest BCUT2D eigenvalue weighted by Crippen LogP contribution is -2.49. The second kappa shape index (κ2) is 10.2. The lowest BCUT2D eigenvalue weighted by Gasteiger charge is -2.38. The number of likely N-dealkylation sites (tertiary alicyclic amines) is 1. The highest BCUT2D eigenvalue weighted by molar-refractivity contribution is 6.06. The number of aromatic nitrogens is 3. The molecule has 3 heterocycles. The van der Waals surface area contributed by atoms with E-state index in [0.717, 1.165) is 41.7 Å². The van der Waals surface area contributed by atoms with Crippen molar-refractivity contribution in [1.82, 2.24) is 19.7 Å². The number of nitrogens with zero attached hydrogens (tertiary/aromatic N) is 4. The second-order valence-electron chi connectivity index (χ2n) is 7.64. The highest BCUT2D eigenvalue weighted by atomic mass is 35.5. The largest absolute Gasteiger partial charge is 0.334 e. The molecule has 1 fully saturated rings. The number of amides is 1. The van der Waals surface area contributed by atoms with Crippen LogP contribution in [-0.4, -0.2) is 44.7 Å². The summed E-state index contributed by atoms with van der Waals surface area (Å²) in [5.41, 5.74) is 9.21. The van der Waals surface area contributed by atoms with E-state index in [-0.39, 0.29) is 36.8 Å². The molecule has 2 N–H and O–H groups in total. The summed E-state index contributed by atoms with van der Waals surface area (Å²) in [6, 6.07) is 12.0. The van der Waals surface area contributed by atoms with E-state index in [9.17, 15) is 4.79 Å². The fraction of sp³-hybridized carbons (Fsp3) is 0.409. The minimum Gasteiger partial charge on any atom is -0.334 e. The van der Waals surface area contributed by atoms with Crippen molar-refractivity contribution in [3.05, 3.63) is 48.2 Å². The van der Waals surface area contributed by atoms with Gasteiger partial charge in [-0.15, -0.1) is 24.8 Å². The Kier molecular flexibility index (Phi) is 8.24. The third-order valence-electron chi connectivity index (χ3n) is 5.72. The van der Waals surface area contributed by atoms with E-state index in [1.807, 2.05) is 52.9 Å². The number of carbonyl (C=O) groups excluding carboxylic acids is 1. The van der Waals surface area contributed by atoms with Crippen LogP contribution in [0.4, 0.5) is 0 Å². The van der Waals surface area contributed by atoms with Gasteiger partial charge in [0.05, 0.1) is 22.8 Å². The monoisotopic (exact) mass is 449 g/mol. The molecule has 2 aromatic heterocycles. The number of pyridine rings is 1. The van der Waals surface area contributed by atoms with Gasteiger partial charge in [-0.05, 0) is 31.7 Å². The van der Waals surface area contributed by atoms with Crippen LogP contribution in [0, 0.1) is 5.92 Å². The van der Waals surface area contributed by atoms with Crippen molar-refractivity contribution in [3.8, 4) is 11.3 Å². The molecule has 1 saturated heterocycles. The van der Waals surface area contributed by atoms with Gasteiger partial charge in [-0.2, -0.15) is 5.10 Å². The average Bonchev–Trinajstić information content (AvgIpc) is 3.16. The molecule has 0 saturated carbocycles. The number of nitrogens with two attached hydrogens (primary N) is 1. The van der Waals surface area contributed by atoms with Crippen LogP contribution >= 0.6 is 24.8 Å². The predicted octanol–water partition coefficient (Wildman–Crippen LogP) is 4.16. The zero-order chi connectivity index (χ0) is 19.7. The summed E-state index contributed by atoms with van der Waals surface area (Å²) in [6.45, 7) is 6.20. The maximum Gasteiger partial charge on any atom is 0.255 e. The number of rotatable bonds is 4. The van der Waals surface area contributed by atoms with Crippen molar-refractivity contribution in [2.24, 2.45) is 11.7 Å². The molecule has 1 aliphatic heterocycles.